The summed E-state index contributed by atoms with van der Waals surface area (Å²) in [5, 5.41) is 6.04. The Labute approximate surface area is 138 Å². The second-order valence-electron chi connectivity index (χ2n) is 5.73. The molecule has 126 valence electrons. The monoisotopic (exact) mass is 329 g/mol. The topological polar surface area (TPSA) is 102 Å². The van der Waals surface area contributed by atoms with Crippen LogP contribution in [0.2, 0.25) is 0 Å². The fourth-order valence-corrected chi connectivity index (χ4v) is 2.75. The number of carbonyl (C=O) groups is 2. The first-order valence-corrected chi connectivity index (χ1v) is 7.88. The number of aromatic nitrogens is 3. The largest absolute Gasteiger partial charge is 0.367 e. The maximum Gasteiger partial charge on any atom is 0.274 e. The molecular formula is C16H19N5O3. The minimum atomic E-state index is -0.344. The van der Waals surface area contributed by atoms with E-state index < -0.39 is 0 Å². The van der Waals surface area contributed by atoms with Crippen LogP contribution < -0.4 is 5.56 Å². The minimum absolute atomic E-state index is 0.0612. The van der Waals surface area contributed by atoms with Gasteiger partial charge in [0.1, 0.15) is 5.69 Å². The van der Waals surface area contributed by atoms with E-state index in [1.165, 1.54) is 12.1 Å². The fourth-order valence-electron chi connectivity index (χ4n) is 2.75. The SMILES string of the molecule is O=C(Cc1cc[nH]c1)N1CCCN(C(=O)c2ccc(=O)[nH]n2)CC1. The number of aromatic amines is 2. The van der Waals surface area contributed by atoms with E-state index in [0.29, 0.717) is 39.0 Å². The third kappa shape index (κ3) is 3.70. The summed E-state index contributed by atoms with van der Waals surface area (Å²) in [5.74, 6) is -0.169. The summed E-state index contributed by atoms with van der Waals surface area (Å²) in [6.07, 6.45) is 4.68. The van der Waals surface area contributed by atoms with Crippen LogP contribution in [0.1, 0.15) is 22.5 Å². The number of amides is 2. The van der Waals surface area contributed by atoms with Crippen LogP contribution in [0.4, 0.5) is 0 Å². The number of nitrogens with zero attached hydrogens (tertiary/aromatic N) is 3. The zero-order chi connectivity index (χ0) is 16.9. The smallest absolute Gasteiger partial charge is 0.274 e. The van der Waals surface area contributed by atoms with E-state index >= 15 is 0 Å². The van der Waals surface area contributed by atoms with Crippen molar-refractivity contribution >= 4 is 11.8 Å². The summed E-state index contributed by atoms with van der Waals surface area (Å²) in [4.78, 5) is 42.2. The molecule has 0 aromatic carbocycles. The molecule has 1 fully saturated rings. The summed E-state index contributed by atoms with van der Waals surface area (Å²) in [6.45, 7) is 2.15. The summed E-state index contributed by atoms with van der Waals surface area (Å²) < 4.78 is 0. The molecule has 0 aliphatic carbocycles. The van der Waals surface area contributed by atoms with E-state index in [9.17, 15) is 14.4 Å². The van der Waals surface area contributed by atoms with Crippen molar-refractivity contribution in [2.45, 2.75) is 12.8 Å². The van der Waals surface area contributed by atoms with Gasteiger partial charge in [-0.05, 0) is 24.1 Å². The van der Waals surface area contributed by atoms with Crippen LogP contribution in [0.15, 0.2) is 35.4 Å². The number of hydrogen-bond donors (Lipinski definition) is 2. The third-order valence-corrected chi connectivity index (χ3v) is 4.05. The fraction of sp³-hybridized carbons (Fsp3) is 0.375. The Kier molecular flexibility index (Phi) is 4.74. The zero-order valence-corrected chi connectivity index (χ0v) is 13.2. The van der Waals surface area contributed by atoms with E-state index in [1.807, 2.05) is 12.3 Å². The molecule has 0 bridgehead atoms. The quantitative estimate of drug-likeness (QED) is 0.828. The van der Waals surface area contributed by atoms with Gasteiger partial charge in [-0.3, -0.25) is 14.4 Å². The van der Waals surface area contributed by atoms with E-state index in [-0.39, 0.29) is 23.1 Å². The lowest BCUT2D eigenvalue weighted by Crippen LogP contribution is -2.38. The van der Waals surface area contributed by atoms with Gasteiger partial charge in [0.15, 0.2) is 0 Å². The van der Waals surface area contributed by atoms with E-state index in [0.717, 1.165) is 5.56 Å². The lowest BCUT2D eigenvalue weighted by atomic mass is 10.2. The van der Waals surface area contributed by atoms with Crippen LogP contribution >= 0.6 is 0 Å². The zero-order valence-electron chi connectivity index (χ0n) is 13.2. The molecule has 2 aromatic heterocycles. The first-order valence-electron chi connectivity index (χ1n) is 7.88. The molecule has 0 saturated carbocycles. The van der Waals surface area contributed by atoms with Crippen molar-refractivity contribution < 1.29 is 9.59 Å². The molecule has 2 N–H and O–H groups in total. The van der Waals surface area contributed by atoms with E-state index in [1.54, 1.807) is 16.0 Å². The first-order chi connectivity index (χ1) is 11.6. The molecule has 8 heteroatoms. The Morgan fingerprint density at radius 2 is 1.88 bits per heavy atom. The lowest BCUT2D eigenvalue weighted by Gasteiger charge is -2.21. The molecule has 2 aromatic rings. The highest BCUT2D eigenvalue weighted by Crippen LogP contribution is 2.09. The van der Waals surface area contributed by atoms with Crippen LogP contribution in [-0.4, -0.2) is 63.0 Å². The van der Waals surface area contributed by atoms with Crippen LogP contribution in [-0.2, 0) is 11.2 Å². The number of nitrogens with one attached hydrogen (secondary N) is 2. The Bertz CT molecular complexity index is 748. The van der Waals surface area contributed by atoms with Gasteiger partial charge >= 0.3 is 0 Å². The Morgan fingerprint density at radius 3 is 2.58 bits per heavy atom. The number of rotatable bonds is 3. The molecule has 8 nitrogen and oxygen atoms in total. The normalized spacial score (nSPS) is 15.2. The van der Waals surface area contributed by atoms with Gasteiger partial charge in [-0.1, -0.05) is 0 Å². The second kappa shape index (κ2) is 7.12. The summed E-state index contributed by atoms with van der Waals surface area (Å²) >= 11 is 0. The maximum atomic E-state index is 12.4. The van der Waals surface area contributed by atoms with Crippen molar-refractivity contribution in [2.24, 2.45) is 0 Å². The van der Waals surface area contributed by atoms with Gasteiger partial charge in [-0.15, -0.1) is 0 Å². The van der Waals surface area contributed by atoms with Gasteiger partial charge in [0.25, 0.3) is 11.5 Å². The van der Waals surface area contributed by atoms with Crippen molar-refractivity contribution in [1.82, 2.24) is 25.0 Å². The van der Waals surface area contributed by atoms with Crippen molar-refractivity contribution in [1.29, 1.82) is 0 Å². The van der Waals surface area contributed by atoms with Gasteiger partial charge < -0.3 is 14.8 Å². The molecule has 2 amide bonds. The van der Waals surface area contributed by atoms with Gasteiger partial charge in [-0.2, -0.15) is 5.10 Å². The molecule has 0 radical (unpaired) electrons. The average molecular weight is 329 g/mol. The Morgan fingerprint density at radius 1 is 1.08 bits per heavy atom. The van der Waals surface area contributed by atoms with Crippen molar-refractivity contribution in [2.75, 3.05) is 26.2 Å². The average Bonchev–Trinajstić information content (AvgIpc) is 2.96. The van der Waals surface area contributed by atoms with Gasteiger partial charge in [0.2, 0.25) is 5.91 Å². The number of H-pyrrole nitrogens is 2. The van der Waals surface area contributed by atoms with Gasteiger partial charge in [0.05, 0.1) is 6.42 Å². The molecular weight excluding hydrogens is 310 g/mol. The molecule has 0 atom stereocenters. The van der Waals surface area contributed by atoms with Gasteiger partial charge in [0, 0.05) is 44.6 Å². The van der Waals surface area contributed by atoms with Crippen molar-refractivity contribution in [3.8, 4) is 0 Å². The number of hydrogen-bond acceptors (Lipinski definition) is 4. The maximum absolute atomic E-state index is 12.4. The summed E-state index contributed by atoms with van der Waals surface area (Å²) in [6, 6.07) is 4.58. The summed E-state index contributed by atoms with van der Waals surface area (Å²) in [5.41, 5.74) is 0.820. The van der Waals surface area contributed by atoms with Gasteiger partial charge in [-0.25, -0.2) is 5.10 Å². The Hall–Kier alpha value is -2.90. The highest BCUT2D eigenvalue weighted by Gasteiger charge is 2.23. The second-order valence-corrected chi connectivity index (χ2v) is 5.73. The van der Waals surface area contributed by atoms with Crippen molar-refractivity contribution in [3.05, 3.63) is 52.2 Å². The van der Waals surface area contributed by atoms with E-state index in [4.69, 9.17) is 0 Å². The highest BCUT2D eigenvalue weighted by molar-refractivity contribution is 5.92. The molecule has 1 aliphatic heterocycles. The van der Waals surface area contributed by atoms with E-state index in [2.05, 4.69) is 15.2 Å². The highest BCUT2D eigenvalue weighted by atomic mass is 16.2. The first kappa shape index (κ1) is 16.0. The van der Waals surface area contributed by atoms with Crippen LogP contribution in [0, 0.1) is 0 Å². The molecule has 1 aliphatic rings. The molecule has 3 rings (SSSR count). The predicted octanol–water partition coefficient (Wildman–Crippen LogP) is 0.0152. The van der Waals surface area contributed by atoms with Crippen LogP contribution in [0.3, 0.4) is 0 Å². The molecule has 24 heavy (non-hydrogen) atoms. The van der Waals surface area contributed by atoms with Crippen LogP contribution in [0.5, 0.6) is 0 Å². The predicted molar refractivity (Wildman–Crippen MR) is 86.5 cm³/mol. The molecule has 0 spiro atoms. The lowest BCUT2D eigenvalue weighted by molar-refractivity contribution is -0.130. The summed E-state index contributed by atoms with van der Waals surface area (Å²) in [7, 11) is 0. The number of carbonyl (C=O) groups excluding carboxylic acids is 2. The Balaban J connectivity index is 1.60. The third-order valence-electron chi connectivity index (χ3n) is 4.05. The molecule has 3 heterocycles. The standard InChI is InChI=1S/C16H19N5O3/c22-14-3-2-13(18-19-14)16(24)21-7-1-6-20(8-9-21)15(23)10-12-4-5-17-11-12/h2-5,11,17H,1,6-10H2,(H,19,22). The molecule has 0 unspecified atom stereocenters. The molecule has 1 saturated heterocycles. The van der Waals surface area contributed by atoms with Crippen LogP contribution in [0.25, 0.3) is 0 Å². The van der Waals surface area contributed by atoms with Crippen molar-refractivity contribution in [3.63, 3.8) is 0 Å². The minimum Gasteiger partial charge on any atom is -0.367 e.